The Bertz CT molecular complexity index is 1270. The fourth-order valence-electron chi connectivity index (χ4n) is 8.79. The largest absolute Gasteiger partial charge is 0.397 e. The van der Waals surface area contributed by atoms with Crippen LogP contribution in [-0.4, -0.2) is 95.4 Å². The zero-order valence-electron chi connectivity index (χ0n) is 42.0. The lowest BCUT2D eigenvalue weighted by atomic mass is 9.99. The van der Waals surface area contributed by atoms with Crippen molar-refractivity contribution in [2.45, 2.75) is 294 Å². The van der Waals surface area contributed by atoms with E-state index < -0.39 is 59.9 Å². The van der Waals surface area contributed by atoms with Crippen LogP contribution < -0.4 is 5.32 Å². The molecule has 66 heavy (non-hydrogen) atoms. The van der Waals surface area contributed by atoms with Crippen LogP contribution in [0, 0.1) is 0 Å². The second-order valence-electron chi connectivity index (χ2n) is 19.2. The summed E-state index contributed by atoms with van der Waals surface area (Å²) in [5, 5.41) is 45.0. The monoisotopic (exact) mass is 960 g/mol. The Kier molecular flexibility index (Phi) is 41.3. The molecule has 1 aliphatic rings. The number of carbonyl (C=O) groups excluding carboxylic acids is 1. The van der Waals surface area contributed by atoms with Gasteiger partial charge in [0, 0.05) is 6.42 Å². The van der Waals surface area contributed by atoms with E-state index in [1.807, 2.05) is 0 Å². The van der Waals surface area contributed by atoms with Crippen LogP contribution in [0.25, 0.3) is 0 Å². The van der Waals surface area contributed by atoms with Crippen LogP contribution in [-0.2, 0) is 28.9 Å². The highest BCUT2D eigenvalue weighted by atomic mass is 32.3. The molecule has 0 spiro atoms. The van der Waals surface area contributed by atoms with Gasteiger partial charge < -0.3 is 35.2 Å². The average Bonchev–Trinajstić information content (AvgIpc) is 3.29. The van der Waals surface area contributed by atoms with Crippen molar-refractivity contribution < 1.29 is 51.8 Å². The number of amides is 1. The van der Waals surface area contributed by atoms with Crippen molar-refractivity contribution in [2.75, 3.05) is 13.2 Å². The lowest BCUT2D eigenvalue weighted by molar-refractivity contribution is -0.298. The Labute approximate surface area is 403 Å². The number of aliphatic hydroxyl groups is 4. The summed E-state index contributed by atoms with van der Waals surface area (Å²) in [5.41, 5.74) is 0. The van der Waals surface area contributed by atoms with Gasteiger partial charge >= 0.3 is 10.4 Å². The van der Waals surface area contributed by atoms with E-state index in [0.717, 1.165) is 57.8 Å². The molecular formula is C53H101NO11S. The number of allylic oxidation sites excluding steroid dienone is 4. The van der Waals surface area contributed by atoms with Gasteiger partial charge in [0.2, 0.25) is 5.91 Å². The van der Waals surface area contributed by atoms with Gasteiger partial charge in [-0.15, -0.1) is 0 Å². The van der Waals surface area contributed by atoms with Crippen molar-refractivity contribution in [1.29, 1.82) is 0 Å². The van der Waals surface area contributed by atoms with Gasteiger partial charge in [-0.05, 0) is 44.9 Å². The van der Waals surface area contributed by atoms with Gasteiger partial charge in [0.05, 0.1) is 25.4 Å². The Hall–Kier alpha value is -1.42. The lowest BCUT2D eigenvalue weighted by Crippen LogP contribution is -2.61. The molecule has 13 heteroatoms. The smallest absolute Gasteiger partial charge is 0.394 e. The molecule has 0 radical (unpaired) electrons. The van der Waals surface area contributed by atoms with Gasteiger partial charge in [0.25, 0.3) is 0 Å². The number of hydrogen-bond acceptors (Lipinski definition) is 10. The predicted molar refractivity (Wildman–Crippen MR) is 269 cm³/mol. The third kappa shape index (κ3) is 35.7. The number of hydrogen-bond donors (Lipinski definition) is 6. The first-order valence-electron chi connectivity index (χ1n) is 27.2. The van der Waals surface area contributed by atoms with Crippen LogP contribution in [0.2, 0.25) is 0 Å². The summed E-state index contributed by atoms with van der Waals surface area (Å²) in [5.74, 6) is -0.232. The highest BCUT2D eigenvalue weighted by molar-refractivity contribution is 7.80. The van der Waals surface area contributed by atoms with Gasteiger partial charge in [-0.2, -0.15) is 8.42 Å². The summed E-state index contributed by atoms with van der Waals surface area (Å²) in [4.78, 5) is 13.1. The van der Waals surface area contributed by atoms with Crippen molar-refractivity contribution >= 4 is 16.3 Å². The molecule has 0 aromatic heterocycles. The Morgan fingerprint density at radius 3 is 1.44 bits per heavy atom. The summed E-state index contributed by atoms with van der Waals surface area (Å²) < 4.78 is 47.8. The molecule has 7 unspecified atom stereocenters. The molecule has 0 aromatic rings. The molecule has 0 aromatic carbocycles. The van der Waals surface area contributed by atoms with Crippen molar-refractivity contribution in [3.05, 3.63) is 24.3 Å². The number of ether oxygens (including phenoxy) is 2. The van der Waals surface area contributed by atoms with Crippen LogP contribution in [0.3, 0.4) is 0 Å². The van der Waals surface area contributed by atoms with Crippen LogP contribution in [0.5, 0.6) is 0 Å². The van der Waals surface area contributed by atoms with E-state index in [0.29, 0.717) is 12.8 Å². The molecule has 1 rings (SSSR count). The summed E-state index contributed by atoms with van der Waals surface area (Å²) in [6.07, 6.45) is 43.2. The minimum absolute atomic E-state index is 0.232. The summed E-state index contributed by atoms with van der Waals surface area (Å²) in [7, 11) is -5.08. The van der Waals surface area contributed by atoms with Gasteiger partial charge in [0.15, 0.2) is 6.29 Å². The Balaban J connectivity index is 2.36. The maximum absolute atomic E-state index is 13.1. The van der Waals surface area contributed by atoms with Crippen LogP contribution in [0.15, 0.2) is 24.3 Å². The van der Waals surface area contributed by atoms with Crippen molar-refractivity contribution in [2.24, 2.45) is 0 Å². The quantitative estimate of drug-likeness (QED) is 0.0193. The molecule has 390 valence electrons. The highest BCUT2D eigenvalue weighted by Crippen LogP contribution is 2.26. The van der Waals surface area contributed by atoms with Crippen LogP contribution >= 0.6 is 0 Å². The first kappa shape index (κ1) is 62.6. The summed E-state index contributed by atoms with van der Waals surface area (Å²) >= 11 is 0. The predicted octanol–water partition coefficient (Wildman–Crippen LogP) is 12.1. The van der Waals surface area contributed by atoms with Gasteiger partial charge in [-0.25, -0.2) is 4.18 Å². The lowest BCUT2D eigenvalue weighted by Gasteiger charge is -2.41. The standard InChI is InChI=1S/C53H101NO11S/c1-3-5-7-9-11-13-15-17-19-20-21-22-23-24-25-26-27-28-29-31-33-35-37-39-41-43-49(57)54-46(45-63-53-51(59)52(65-66(60,61)62)50(58)48(44-55)64-53)47(56)42-40-38-36-34-32-30-18-16-14-12-10-8-6-4-2/h21-22,24-25,46-48,50-53,55-56,58-59H,3-20,23,26-45H2,1-2H3,(H,54,57)(H,60,61,62)/b22-21-,25-24-. The molecule has 0 aliphatic carbocycles. The van der Waals surface area contributed by atoms with E-state index in [2.05, 4.69) is 47.7 Å². The minimum atomic E-state index is -5.08. The minimum Gasteiger partial charge on any atom is -0.394 e. The highest BCUT2D eigenvalue weighted by Gasteiger charge is 2.48. The van der Waals surface area contributed by atoms with E-state index in [1.54, 1.807) is 0 Å². The molecular weight excluding hydrogens is 859 g/mol. The van der Waals surface area contributed by atoms with Crippen LogP contribution in [0.1, 0.15) is 251 Å². The topological polar surface area (TPSA) is 192 Å². The van der Waals surface area contributed by atoms with E-state index in [1.165, 1.54) is 161 Å². The van der Waals surface area contributed by atoms with Crippen molar-refractivity contribution in [3.8, 4) is 0 Å². The zero-order chi connectivity index (χ0) is 48.4. The maximum Gasteiger partial charge on any atom is 0.397 e. The number of nitrogens with one attached hydrogen (secondary N) is 1. The van der Waals surface area contributed by atoms with Gasteiger partial charge in [-0.1, -0.05) is 224 Å². The molecule has 1 fully saturated rings. The normalized spacial score (nSPS) is 20.1. The maximum atomic E-state index is 13.1. The second kappa shape index (κ2) is 43.6. The summed E-state index contributed by atoms with van der Waals surface area (Å²) in [6.45, 7) is 3.46. The number of rotatable bonds is 47. The van der Waals surface area contributed by atoms with Crippen molar-refractivity contribution in [1.82, 2.24) is 5.32 Å². The number of unbranched alkanes of at least 4 members (excludes halogenated alkanes) is 31. The zero-order valence-corrected chi connectivity index (χ0v) is 42.8. The first-order valence-corrected chi connectivity index (χ1v) is 28.6. The SMILES string of the molecule is CCCCCCCCCCC/C=C\C/C=C\CCCCCCCCCCCC(=O)NC(COC1OC(CO)C(O)C(OS(=O)(=O)O)C1O)C(O)CCCCCCCCCCCCCCCC. The fraction of sp³-hybridized carbons (Fsp3) is 0.906. The number of carbonyl (C=O) groups is 1. The Morgan fingerprint density at radius 2 is 1.02 bits per heavy atom. The first-order chi connectivity index (χ1) is 32.0. The van der Waals surface area contributed by atoms with E-state index in [9.17, 15) is 38.2 Å². The fourth-order valence-corrected chi connectivity index (χ4v) is 9.29. The van der Waals surface area contributed by atoms with Crippen molar-refractivity contribution in [3.63, 3.8) is 0 Å². The number of aliphatic hydroxyl groups excluding tert-OH is 4. The average molecular weight is 960 g/mol. The Morgan fingerprint density at radius 1 is 0.606 bits per heavy atom. The molecule has 1 heterocycles. The molecule has 1 aliphatic heterocycles. The van der Waals surface area contributed by atoms with E-state index in [4.69, 9.17) is 9.47 Å². The molecule has 1 saturated heterocycles. The molecule has 6 N–H and O–H groups in total. The van der Waals surface area contributed by atoms with Gasteiger partial charge in [-0.3, -0.25) is 9.35 Å². The molecule has 0 bridgehead atoms. The van der Waals surface area contributed by atoms with E-state index >= 15 is 0 Å². The molecule has 7 atom stereocenters. The van der Waals surface area contributed by atoms with Crippen LogP contribution in [0.4, 0.5) is 0 Å². The molecule has 1 amide bonds. The third-order valence-electron chi connectivity index (χ3n) is 13.0. The van der Waals surface area contributed by atoms with Gasteiger partial charge in [0.1, 0.15) is 24.4 Å². The third-order valence-corrected chi connectivity index (χ3v) is 13.5. The van der Waals surface area contributed by atoms with E-state index in [-0.39, 0.29) is 18.9 Å². The molecule has 12 nitrogen and oxygen atoms in total. The summed E-state index contributed by atoms with van der Waals surface area (Å²) in [6, 6.07) is -0.859. The second-order valence-corrected chi connectivity index (χ2v) is 20.2. The molecule has 0 saturated carbocycles.